The lowest BCUT2D eigenvalue weighted by molar-refractivity contribution is -0.120. The predicted octanol–water partition coefficient (Wildman–Crippen LogP) is 3.96. The van der Waals surface area contributed by atoms with Crippen molar-refractivity contribution in [3.8, 4) is 5.75 Å². The maximum Gasteiger partial charge on any atom is 0.264 e. The van der Waals surface area contributed by atoms with Crippen LogP contribution in [0, 0.1) is 0 Å². The van der Waals surface area contributed by atoms with Crippen LogP contribution in [0.2, 0.25) is 10.0 Å². The van der Waals surface area contributed by atoms with Gasteiger partial charge in [0.1, 0.15) is 5.75 Å². The number of rotatable bonds is 3. The van der Waals surface area contributed by atoms with Gasteiger partial charge in [-0.15, -0.1) is 0 Å². The standard InChI is InChI=1S/C16H13Cl2NO2/c17-12-5-6-13(18)15(9-12)21-10-16(20)19-8-7-11-3-1-2-4-14(11)19/h1-6,9H,7-8,10H2. The minimum atomic E-state index is -0.0870. The van der Waals surface area contributed by atoms with Crippen molar-refractivity contribution in [2.75, 3.05) is 18.1 Å². The molecule has 1 aliphatic rings. The molecule has 2 aromatic rings. The summed E-state index contributed by atoms with van der Waals surface area (Å²) in [6.07, 6.45) is 0.875. The van der Waals surface area contributed by atoms with E-state index >= 15 is 0 Å². The lowest BCUT2D eigenvalue weighted by atomic mass is 10.2. The van der Waals surface area contributed by atoms with Crippen LogP contribution in [0.25, 0.3) is 0 Å². The monoisotopic (exact) mass is 321 g/mol. The lowest BCUT2D eigenvalue weighted by Gasteiger charge is -2.17. The Balaban J connectivity index is 1.69. The molecule has 0 bridgehead atoms. The Bertz CT molecular complexity index is 688. The average Bonchev–Trinajstić information content (AvgIpc) is 2.92. The molecule has 1 aliphatic heterocycles. The summed E-state index contributed by atoms with van der Waals surface area (Å²) in [5.74, 6) is 0.334. The van der Waals surface area contributed by atoms with Gasteiger partial charge < -0.3 is 9.64 Å². The van der Waals surface area contributed by atoms with Gasteiger partial charge in [-0.2, -0.15) is 0 Å². The molecule has 0 saturated carbocycles. The number of hydrogen-bond acceptors (Lipinski definition) is 2. The van der Waals surface area contributed by atoms with E-state index in [1.165, 1.54) is 5.56 Å². The number of halogens is 2. The van der Waals surface area contributed by atoms with Gasteiger partial charge >= 0.3 is 0 Å². The van der Waals surface area contributed by atoms with Crippen LogP contribution in [0.1, 0.15) is 5.56 Å². The van der Waals surface area contributed by atoms with E-state index in [1.807, 2.05) is 24.3 Å². The van der Waals surface area contributed by atoms with Crippen molar-refractivity contribution in [3.63, 3.8) is 0 Å². The first kappa shape index (κ1) is 14.2. The van der Waals surface area contributed by atoms with E-state index in [1.54, 1.807) is 23.1 Å². The lowest BCUT2D eigenvalue weighted by Crippen LogP contribution is -2.33. The molecule has 21 heavy (non-hydrogen) atoms. The number of anilines is 1. The number of carbonyl (C=O) groups is 1. The third-order valence-electron chi connectivity index (χ3n) is 3.43. The van der Waals surface area contributed by atoms with Crippen LogP contribution < -0.4 is 9.64 Å². The van der Waals surface area contributed by atoms with Gasteiger partial charge in [0.15, 0.2) is 6.61 Å². The fraction of sp³-hybridized carbons (Fsp3) is 0.188. The largest absolute Gasteiger partial charge is 0.482 e. The number of amides is 1. The van der Waals surface area contributed by atoms with Gasteiger partial charge in [-0.1, -0.05) is 41.4 Å². The van der Waals surface area contributed by atoms with E-state index in [2.05, 4.69) is 0 Å². The van der Waals surface area contributed by atoms with Gasteiger partial charge in [0.05, 0.1) is 5.02 Å². The molecule has 108 valence electrons. The minimum absolute atomic E-state index is 0.0611. The summed E-state index contributed by atoms with van der Waals surface area (Å²) in [7, 11) is 0. The van der Waals surface area contributed by atoms with Crippen molar-refractivity contribution in [2.24, 2.45) is 0 Å². The minimum Gasteiger partial charge on any atom is -0.482 e. The zero-order chi connectivity index (χ0) is 14.8. The van der Waals surface area contributed by atoms with Gasteiger partial charge in [-0.25, -0.2) is 0 Å². The Morgan fingerprint density at radius 2 is 2.00 bits per heavy atom. The van der Waals surface area contributed by atoms with Crippen LogP contribution in [-0.4, -0.2) is 19.1 Å². The highest BCUT2D eigenvalue weighted by molar-refractivity contribution is 6.34. The van der Waals surface area contributed by atoms with Gasteiger partial charge in [0.2, 0.25) is 0 Å². The van der Waals surface area contributed by atoms with Gasteiger partial charge in [0.25, 0.3) is 5.91 Å². The van der Waals surface area contributed by atoms with Crippen LogP contribution >= 0.6 is 23.2 Å². The second-order valence-electron chi connectivity index (χ2n) is 4.79. The quantitative estimate of drug-likeness (QED) is 0.856. The van der Waals surface area contributed by atoms with E-state index in [-0.39, 0.29) is 12.5 Å². The molecular formula is C16H13Cl2NO2. The van der Waals surface area contributed by atoms with Crippen molar-refractivity contribution >= 4 is 34.8 Å². The molecule has 0 aromatic heterocycles. The summed E-state index contributed by atoms with van der Waals surface area (Å²) in [6.45, 7) is 0.624. The van der Waals surface area contributed by atoms with Crippen molar-refractivity contribution < 1.29 is 9.53 Å². The average molecular weight is 322 g/mol. The molecule has 0 fully saturated rings. The van der Waals surface area contributed by atoms with Crippen LogP contribution in [-0.2, 0) is 11.2 Å². The van der Waals surface area contributed by atoms with E-state index in [0.717, 1.165) is 12.1 Å². The predicted molar refractivity (Wildman–Crippen MR) is 84.5 cm³/mol. The van der Waals surface area contributed by atoms with Crippen LogP contribution in [0.3, 0.4) is 0 Å². The second kappa shape index (κ2) is 5.96. The maximum absolute atomic E-state index is 12.3. The van der Waals surface area contributed by atoms with Gasteiger partial charge in [-0.05, 0) is 30.2 Å². The van der Waals surface area contributed by atoms with E-state index in [0.29, 0.717) is 22.3 Å². The molecule has 0 unspecified atom stereocenters. The molecule has 3 nitrogen and oxygen atoms in total. The van der Waals surface area contributed by atoms with Crippen molar-refractivity contribution in [2.45, 2.75) is 6.42 Å². The number of benzene rings is 2. The van der Waals surface area contributed by atoms with Crippen molar-refractivity contribution in [1.29, 1.82) is 0 Å². The molecule has 0 spiro atoms. The molecule has 1 amide bonds. The van der Waals surface area contributed by atoms with Crippen molar-refractivity contribution in [3.05, 3.63) is 58.1 Å². The first-order chi connectivity index (χ1) is 10.1. The molecular weight excluding hydrogens is 309 g/mol. The highest BCUT2D eigenvalue weighted by Gasteiger charge is 2.24. The molecule has 0 aliphatic carbocycles. The number of nitrogens with zero attached hydrogens (tertiary/aromatic N) is 1. The Labute approximate surface area is 133 Å². The zero-order valence-electron chi connectivity index (χ0n) is 11.2. The number of para-hydroxylation sites is 1. The first-order valence-electron chi connectivity index (χ1n) is 6.61. The Kier molecular flexibility index (Phi) is 4.04. The maximum atomic E-state index is 12.3. The summed E-state index contributed by atoms with van der Waals surface area (Å²) in [4.78, 5) is 14.0. The molecule has 5 heteroatoms. The molecule has 0 radical (unpaired) electrons. The van der Waals surface area contributed by atoms with E-state index in [4.69, 9.17) is 27.9 Å². The molecule has 0 N–H and O–H groups in total. The fourth-order valence-electron chi connectivity index (χ4n) is 2.40. The van der Waals surface area contributed by atoms with Gasteiger partial charge in [0, 0.05) is 23.3 Å². The molecule has 0 saturated heterocycles. The SMILES string of the molecule is O=C(COc1cc(Cl)ccc1Cl)N1CCc2ccccc21. The number of hydrogen-bond donors (Lipinski definition) is 0. The first-order valence-corrected chi connectivity index (χ1v) is 7.37. The number of fused-ring (bicyclic) bond motifs is 1. The Morgan fingerprint density at radius 3 is 2.86 bits per heavy atom. The van der Waals surface area contributed by atoms with E-state index < -0.39 is 0 Å². The van der Waals surface area contributed by atoms with Gasteiger partial charge in [-0.3, -0.25) is 4.79 Å². The normalized spacial score (nSPS) is 13.1. The zero-order valence-corrected chi connectivity index (χ0v) is 12.7. The topological polar surface area (TPSA) is 29.5 Å². The molecule has 2 aromatic carbocycles. The highest BCUT2D eigenvalue weighted by atomic mass is 35.5. The summed E-state index contributed by atoms with van der Waals surface area (Å²) >= 11 is 11.9. The number of ether oxygens (including phenoxy) is 1. The highest BCUT2D eigenvalue weighted by Crippen LogP contribution is 2.29. The number of carbonyl (C=O) groups excluding carboxylic acids is 1. The molecule has 3 rings (SSSR count). The smallest absolute Gasteiger partial charge is 0.264 e. The second-order valence-corrected chi connectivity index (χ2v) is 5.63. The Hall–Kier alpha value is -1.71. The summed E-state index contributed by atoms with van der Waals surface area (Å²) in [6, 6.07) is 12.8. The fourth-order valence-corrected chi connectivity index (χ4v) is 2.74. The van der Waals surface area contributed by atoms with Crippen LogP contribution in [0.5, 0.6) is 5.75 Å². The van der Waals surface area contributed by atoms with E-state index in [9.17, 15) is 4.79 Å². The summed E-state index contributed by atoms with van der Waals surface area (Å²) in [5, 5.41) is 0.961. The van der Waals surface area contributed by atoms with Crippen molar-refractivity contribution in [1.82, 2.24) is 0 Å². The van der Waals surface area contributed by atoms with Crippen LogP contribution in [0.4, 0.5) is 5.69 Å². The molecule has 0 atom stereocenters. The summed E-state index contributed by atoms with van der Waals surface area (Å²) in [5.41, 5.74) is 2.15. The third kappa shape index (κ3) is 2.99. The summed E-state index contributed by atoms with van der Waals surface area (Å²) < 4.78 is 5.50. The van der Waals surface area contributed by atoms with Crippen LogP contribution in [0.15, 0.2) is 42.5 Å². The Morgan fingerprint density at radius 1 is 1.19 bits per heavy atom. The third-order valence-corrected chi connectivity index (χ3v) is 3.98. The molecule has 1 heterocycles.